The van der Waals surface area contributed by atoms with Crippen molar-refractivity contribution in [1.29, 1.82) is 0 Å². The lowest BCUT2D eigenvalue weighted by Crippen LogP contribution is -2.25. The number of aromatic nitrogens is 1. The molecule has 0 atom stereocenters. The van der Waals surface area contributed by atoms with Gasteiger partial charge in [0.25, 0.3) is 0 Å². The van der Waals surface area contributed by atoms with Crippen molar-refractivity contribution in [3.63, 3.8) is 0 Å². The van der Waals surface area contributed by atoms with Crippen LogP contribution in [0.15, 0.2) is 30.5 Å². The van der Waals surface area contributed by atoms with Crippen LogP contribution in [0.25, 0.3) is 10.9 Å². The third-order valence-electron chi connectivity index (χ3n) is 3.08. The molecule has 1 amide bonds. The van der Waals surface area contributed by atoms with Gasteiger partial charge in [0.15, 0.2) is 0 Å². The predicted octanol–water partition coefficient (Wildman–Crippen LogP) is 1.45. The average Bonchev–Trinajstić information content (AvgIpc) is 2.74. The number of nitrogens with zero attached hydrogens (tertiary/aromatic N) is 2. The molecule has 4 heteroatoms. The number of nitrogens with one attached hydrogen (secondary N) is 1. The first-order valence-corrected chi connectivity index (χ1v) is 6.05. The van der Waals surface area contributed by atoms with Gasteiger partial charge in [0.05, 0.1) is 0 Å². The van der Waals surface area contributed by atoms with Crippen LogP contribution in [0.4, 0.5) is 0 Å². The Balaban J connectivity index is 2.36. The largest absolute Gasteiger partial charge is 0.347 e. The fourth-order valence-electron chi connectivity index (χ4n) is 2.06. The van der Waals surface area contributed by atoms with Crippen LogP contribution in [0, 0.1) is 0 Å². The molecule has 2 aromatic rings. The van der Waals surface area contributed by atoms with Gasteiger partial charge in [-0.3, -0.25) is 4.79 Å². The second kappa shape index (κ2) is 5.23. The van der Waals surface area contributed by atoms with Crippen LogP contribution in [0.2, 0.25) is 0 Å². The maximum absolute atomic E-state index is 11.8. The van der Waals surface area contributed by atoms with E-state index in [-0.39, 0.29) is 5.91 Å². The lowest BCUT2D eigenvalue weighted by atomic mass is 10.1. The molecule has 0 saturated heterocycles. The van der Waals surface area contributed by atoms with Crippen LogP contribution in [0.5, 0.6) is 0 Å². The zero-order valence-electron chi connectivity index (χ0n) is 11.1. The number of carbonyl (C=O) groups is 1. The van der Waals surface area contributed by atoms with Crippen molar-refractivity contribution in [3.05, 3.63) is 36.0 Å². The highest BCUT2D eigenvalue weighted by Crippen LogP contribution is 2.20. The number of amides is 1. The second-order valence-corrected chi connectivity index (χ2v) is 4.61. The molecular formula is C14H19N3O. The Hall–Kier alpha value is -1.81. The number of hydrogen-bond acceptors (Lipinski definition) is 2. The molecule has 0 bridgehead atoms. The minimum absolute atomic E-state index is 0.103. The SMILES string of the molecule is CNCc1cccc2c1ccn2CC(=O)N(C)C. The monoisotopic (exact) mass is 245 g/mol. The van der Waals surface area contributed by atoms with Crippen molar-refractivity contribution in [2.75, 3.05) is 21.1 Å². The maximum atomic E-state index is 11.8. The standard InChI is InChI=1S/C14H19N3O/c1-15-9-11-5-4-6-13-12(11)7-8-17(13)10-14(18)16(2)3/h4-8,15H,9-10H2,1-3H3. The third kappa shape index (κ3) is 2.38. The molecule has 0 radical (unpaired) electrons. The molecule has 1 aromatic heterocycles. The van der Waals surface area contributed by atoms with E-state index < -0.39 is 0 Å². The number of likely N-dealkylation sites (N-methyl/N-ethyl adjacent to an activating group) is 1. The lowest BCUT2D eigenvalue weighted by Gasteiger charge is -2.12. The van der Waals surface area contributed by atoms with Crippen LogP contribution in [0.3, 0.4) is 0 Å². The summed E-state index contributed by atoms with van der Waals surface area (Å²) in [6, 6.07) is 8.27. The molecule has 0 aliphatic carbocycles. The van der Waals surface area contributed by atoms with Gasteiger partial charge < -0.3 is 14.8 Å². The fraction of sp³-hybridized carbons (Fsp3) is 0.357. The summed E-state index contributed by atoms with van der Waals surface area (Å²) in [5.41, 5.74) is 2.36. The van der Waals surface area contributed by atoms with E-state index in [1.165, 1.54) is 10.9 Å². The smallest absolute Gasteiger partial charge is 0.241 e. The number of rotatable bonds is 4. The van der Waals surface area contributed by atoms with E-state index in [1.54, 1.807) is 19.0 Å². The average molecular weight is 245 g/mol. The Labute approximate surface area is 107 Å². The molecule has 2 rings (SSSR count). The quantitative estimate of drug-likeness (QED) is 0.885. The Morgan fingerprint density at radius 3 is 2.78 bits per heavy atom. The van der Waals surface area contributed by atoms with E-state index in [4.69, 9.17) is 0 Å². The molecule has 0 unspecified atom stereocenters. The topological polar surface area (TPSA) is 37.3 Å². The minimum atomic E-state index is 0.103. The van der Waals surface area contributed by atoms with E-state index in [9.17, 15) is 4.79 Å². The van der Waals surface area contributed by atoms with Crippen LogP contribution in [-0.4, -0.2) is 36.5 Å². The highest BCUT2D eigenvalue weighted by molar-refractivity contribution is 5.85. The van der Waals surface area contributed by atoms with Crippen LogP contribution < -0.4 is 5.32 Å². The molecule has 0 fully saturated rings. The maximum Gasteiger partial charge on any atom is 0.241 e. The summed E-state index contributed by atoms with van der Waals surface area (Å²) in [4.78, 5) is 13.4. The zero-order valence-corrected chi connectivity index (χ0v) is 11.1. The molecule has 96 valence electrons. The van der Waals surface area contributed by atoms with Gasteiger partial charge in [0.2, 0.25) is 5.91 Å². The van der Waals surface area contributed by atoms with E-state index in [0.29, 0.717) is 6.54 Å². The van der Waals surface area contributed by atoms with Gasteiger partial charge in [-0.15, -0.1) is 0 Å². The first-order chi connectivity index (χ1) is 8.63. The summed E-state index contributed by atoms with van der Waals surface area (Å²) >= 11 is 0. The summed E-state index contributed by atoms with van der Waals surface area (Å²) in [6.07, 6.45) is 1.98. The van der Waals surface area contributed by atoms with Gasteiger partial charge in [-0.25, -0.2) is 0 Å². The lowest BCUT2D eigenvalue weighted by molar-refractivity contribution is -0.129. The molecular weight excluding hydrogens is 226 g/mol. The van der Waals surface area contributed by atoms with Gasteiger partial charge >= 0.3 is 0 Å². The predicted molar refractivity (Wildman–Crippen MR) is 73.4 cm³/mol. The van der Waals surface area contributed by atoms with Gasteiger partial charge in [0, 0.05) is 37.7 Å². The Morgan fingerprint density at radius 2 is 2.11 bits per heavy atom. The molecule has 1 aromatic carbocycles. The van der Waals surface area contributed by atoms with Gasteiger partial charge in [-0.2, -0.15) is 0 Å². The number of hydrogen-bond donors (Lipinski definition) is 1. The molecule has 1 heterocycles. The number of carbonyl (C=O) groups excluding carboxylic acids is 1. The summed E-state index contributed by atoms with van der Waals surface area (Å²) in [5.74, 6) is 0.103. The second-order valence-electron chi connectivity index (χ2n) is 4.61. The summed E-state index contributed by atoms with van der Waals surface area (Å²) in [7, 11) is 5.49. The van der Waals surface area contributed by atoms with Crippen molar-refractivity contribution < 1.29 is 4.79 Å². The molecule has 0 spiro atoms. The fourth-order valence-corrected chi connectivity index (χ4v) is 2.06. The van der Waals surface area contributed by atoms with Gasteiger partial charge in [-0.1, -0.05) is 12.1 Å². The van der Waals surface area contributed by atoms with Crippen molar-refractivity contribution in [1.82, 2.24) is 14.8 Å². The molecule has 0 saturated carbocycles. The summed E-state index contributed by atoms with van der Waals surface area (Å²) in [6.45, 7) is 1.22. The van der Waals surface area contributed by atoms with E-state index in [0.717, 1.165) is 12.1 Å². The first kappa shape index (κ1) is 12.6. The van der Waals surface area contributed by atoms with Crippen molar-refractivity contribution in [2.24, 2.45) is 0 Å². The summed E-state index contributed by atoms with van der Waals surface area (Å²) in [5, 5.41) is 4.37. The van der Waals surface area contributed by atoms with Crippen molar-refractivity contribution in [3.8, 4) is 0 Å². The van der Waals surface area contributed by atoms with Crippen LogP contribution in [0.1, 0.15) is 5.56 Å². The zero-order chi connectivity index (χ0) is 13.1. The van der Waals surface area contributed by atoms with Gasteiger partial charge in [-0.05, 0) is 24.7 Å². The van der Waals surface area contributed by atoms with Crippen molar-refractivity contribution in [2.45, 2.75) is 13.1 Å². The minimum Gasteiger partial charge on any atom is -0.347 e. The van der Waals surface area contributed by atoms with E-state index in [2.05, 4.69) is 23.5 Å². The summed E-state index contributed by atoms with van der Waals surface area (Å²) < 4.78 is 2.00. The van der Waals surface area contributed by atoms with Crippen LogP contribution >= 0.6 is 0 Å². The molecule has 4 nitrogen and oxygen atoms in total. The highest BCUT2D eigenvalue weighted by Gasteiger charge is 2.09. The van der Waals surface area contributed by atoms with E-state index >= 15 is 0 Å². The Bertz CT molecular complexity index is 557. The molecule has 18 heavy (non-hydrogen) atoms. The normalized spacial score (nSPS) is 10.8. The third-order valence-corrected chi connectivity index (χ3v) is 3.08. The van der Waals surface area contributed by atoms with Gasteiger partial charge in [0.1, 0.15) is 6.54 Å². The molecule has 0 aliphatic rings. The molecule has 0 aliphatic heterocycles. The number of fused-ring (bicyclic) bond motifs is 1. The Kier molecular flexibility index (Phi) is 3.67. The Morgan fingerprint density at radius 1 is 1.33 bits per heavy atom. The van der Waals surface area contributed by atoms with Crippen LogP contribution in [-0.2, 0) is 17.9 Å². The van der Waals surface area contributed by atoms with E-state index in [1.807, 2.05) is 23.9 Å². The molecule has 1 N–H and O–H groups in total. The number of benzene rings is 1. The first-order valence-electron chi connectivity index (χ1n) is 6.05. The van der Waals surface area contributed by atoms with Crippen molar-refractivity contribution >= 4 is 16.8 Å². The highest BCUT2D eigenvalue weighted by atomic mass is 16.2.